The van der Waals surface area contributed by atoms with E-state index in [1.54, 1.807) is 0 Å². The normalized spacial score (nSPS) is 14.7. The highest BCUT2D eigenvalue weighted by Crippen LogP contribution is 2.41. The predicted octanol–water partition coefficient (Wildman–Crippen LogP) is 5.67. The molecule has 5 rings (SSSR count). The topological polar surface area (TPSA) is 20.5 Å². The van der Waals surface area contributed by atoms with Crippen molar-refractivity contribution in [2.24, 2.45) is 0 Å². The minimum absolute atomic E-state index is 0.827. The molecule has 3 heteroatoms. The maximum absolute atomic E-state index is 4.81. The van der Waals surface area contributed by atoms with Gasteiger partial charge < -0.3 is 4.90 Å². The van der Waals surface area contributed by atoms with Crippen LogP contribution < -0.4 is 4.90 Å². The van der Waals surface area contributed by atoms with Gasteiger partial charge in [-0.2, -0.15) is 0 Å². The lowest BCUT2D eigenvalue weighted by Gasteiger charge is -2.18. The van der Waals surface area contributed by atoms with E-state index < -0.39 is 0 Å². The molecule has 0 amide bonds. The van der Waals surface area contributed by atoms with E-state index in [1.807, 2.05) is 30.5 Å². The van der Waals surface area contributed by atoms with Crippen molar-refractivity contribution in [1.29, 1.82) is 0 Å². The Balaban J connectivity index is 1.65. The summed E-state index contributed by atoms with van der Waals surface area (Å²) in [6.07, 6.45) is 6.11. The first kappa shape index (κ1) is 15.6. The molecule has 2 aromatic heterocycles. The van der Waals surface area contributed by atoms with Crippen LogP contribution in [0.3, 0.4) is 0 Å². The first-order chi connectivity index (χ1) is 13.3. The maximum Gasteiger partial charge on any atom is 0.137 e. The first-order valence-corrected chi connectivity index (χ1v) is 9.07. The van der Waals surface area contributed by atoms with Gasteiger partial charge in [-0.15, -0.1) is 0 Å². The molecule has 27 heavy (non-hydrogen) atoms. The van der Waals surface area contributed by atoms with Gasteiger partial charge in [0.25, 0.3) is 0 Å². The lowest BCUT2D eigenvalue weighted by Crippen LogP contribution is -2.12. The van der Waals surface area contributed by atoms with Crippen LogP contribution >= 0.6 is 0 Å². The minimum Gasteiger partial charge on any atom is -0.336 e. The van der Waals surface area contributed by atoms with Gasteiger partial charge in [0.15, 0.2) is 0 Å². The molecule has 0 spiro atoms. The Morgan fingerprint density at radius 1 is 0.889 bits per heavy atom. The Morgan fingerprint density at radius 3 is 2.52 bits per heavy atom. The van der Waals surface area contributed by atoms with E-state index >= 15 is 0 Å². The number of nitrogens with zero attached hydrogens (tertiary/aromatic N) is 3. The number of pyridine rings is 1. The second-order valence-corrected chi connectivity index (χ2v) is 6.62. The molecule has 0 aliphatic carbocycles. The Bertz CT molecular complexity index is 1170. The molecule has 1 aliphatic heterocycles. The van der Waals surface area contributed by atoms with E-state index in [1.165, 1.54) is 22.5 Å². The molecule has 0 radical (unpaired) electrons. The van der Waals surface area contributed by atoms with Crippen molar-refractivity contribution in [3.8, 4) is 0 Å². The SMILES string of the molecule is C=Cc1c(/C=C2\CN(c3ccccc3)c3ccccc32)nc2ccccn12. The van der Waals surface area contributed by atoms with Gasteiger partial charge in [0, 0.05) is 29.7 Å². The summed E-state index contributed by atoms with van der Waals surface area (Å²) in [6.45, 7) is 4.82. The van der Waals surface area contributed by atoms with Crippen molar-refractivity contribution >= 4 is 34.7 Å². The molecule has 0 unspecified atom stereocenters. The van der Waals surface area contributed by atoms with E-state index in [2.05, 4.69) is 76.6 Å². The molecule has 0 saturated carbocycles. The molecule has 0 saturated heterocycles. The highest BCUT2D eigenvalue weighted by molar-refractivity contribution is 5.96. The van der Waals surface area contributed by atoms with Crippen molar-refractivity contribution in [3.05, 3.63) is 103 Å². The van der Waals surface area contributed by atoms with Crippen LogP contribution in [0, 0.1) is 0 Å². The molecule has 0 atom stereocenters. The zero-order chi connectivity index (χ0) is 18.2. The fourth-order valence-corrected chi connectivity index (χ4v) is 3.79. The highest BCUT2D eigenvalue weighted by Gasteiger charge is 2.24. The second-order valence-electron chi connectivity index (χ2n) is 6.62. The van der Waals surface area contributed by atoms with Crippen LogP contribution in [0.25, 0.3) is 23.4 Å². The van der Waals surface area contributed by atoms with Gasteiger partial charge in [0.1, 0.15) is 5.65 Å². The van der Waals surface area contributed by atoms with Crippen molar-refractivity contribution in [2.45, 2.75) is 0 Å². The number of fused-ring (bicyclic) bond motifs is 2. The third-order valence-electron chi connectivity index (χ3n) is 5.04. The summed E-state index contributed by atoms with van der Waals surface area (Å²) in [5, 5.41) is 0. The molecular weight excluding hydrogens is 330 g/mol. The van der Waals surface area contributed by atoms with Crippen LogP contribution in [-0.2, 0) is 0 Å². The molecule has 3 heterocycles. The molecule has 0 bridgehead atoms. The summed E-state index contributed by atoms with van der Waals surface area (Å²) in [4.78, 5) is 7.17. The number of para-hydroxylation sites is 2. The van der Waals surface area contributed by atoms with Crippen LogP contribution in [0.15, 0.2) is 85.6 Å². The summed E-state index contributed by atoms with van der Waals surface area (Å²) >= 11 is 0. The fraction of sp³-hybridized carbons (Fsp3) is 0.0417. The molecule has 0 fully saturated rings. The lowest BCUT2D eigenvalue weighted by molar-refractivity contribution is 1.16. The van der Waals surface area contributed by atoms with Crippen molar-refractivity contribution in [2.75, 3.05) is 11.4 Å². The summed E-state index contributed by atoms with van der Waals surface area (Å²) in [6, 6.07) is 25.1. The summed E-state index contributed by atoms with van der Waals surface area (Å²) in [7, 11) is 0. The Labute approximate surface area is 158 Å². The zero-order valence-electron chi connectivity index (χ0n) is 14.9. The zero-order valence-corrected chi connectivity index (χ0v) is 14.9. The van der Waals surface area contributed by atoms with E-state index in [-0.39, 0.29) is 0 Å². The summed E-state index contributed by atoms with van der Waals surface area (Å²) in [5.74, 6) is 0. The van der Waals surface area contributed by atoms with Gasteiger partial charge in [-0.1, -0.05) is 49.0 Å². The Kier molecular flexibility index (Phi) is 3.65. The maximum atomic E-state index is 4.81. The molecule has 3 nitrogen and oxygen atoms in total. The quantitative estimate of drug-likeness (QED) is 0.475. The van der Waals surface area contributed by atoms with E-state index in [9.17, 15) is 0 Å². The molecule has 130 valence electrons. The standard InChI is InChI=1S/C24H19N3/c1-2-22-21(25-24-14-8-9-15-26(22)24)16-18-17-27(19-10-4-3-5-11-19)23-13-7-6-12-20(18)23/h2-16H,1,17H2/b18-16+. The van der Waals surface area contributed by atoms with E-state index in [0.717, 1.165) is 23.6 Å². The fourth-order valence-electron chi connectivity index (χ4n) is 3.79. The average molecular weight is 349 g/mol. The molecular formula is C24H19N3. The Hall–Kier alpha value is -3.59. The summed E-state index contributed by atoms with van der Waals surface area (Å²) in [5.41, 5.74) is 7.87. The number of imidazole rings is 1. The number of aromatic nitrogens is 2. The van der Waals surface area contributed by atoms with Crippen LogP contribution in [0.4, 0.5) is 11.4 Å². The van der Waals surface area contributed by atoms with Gasteiger partial charge in [0.2, 0.25) is 0 Å². The van der Waals surface area contributed by atoms with Crippen molar-refractivity contribution in [3.63, 3.8) is 0 Å². The largest absolute Gasteiger partial charge is 0.336 e. The third kappa shape index (κ3) is 2.56. The Morgan fingerprint density at radius 2 is 1.67 bits per heavy atom. The van der Waals surface area contributed by atoms with Crippen LogP contribution in [0.2, 0.25) is 0 Å². The van der Waals surface area contributed by atoms with Gasteiger partial charge in [-0.05, 0) is 48.1 Å². The number of rotatable bonds is 3. The van der Waals surface area contributed by atoms with E-state index in [0.29, 0.717) is 0 Å². The third-order valence-corrected chi connectivity index (χ3v) is 5.04. The first-order valence-electron chi connectivity index (χ1n) is 9.07. The second kappa shape index (κ2) is 6.29. The van der Waals surface area contributed by atoms with Crippen molar-refractivity contribution in [1.82, 2.24) is 9.38 Å². The predicted molar refractivity (Wildman–Crippen MR) is 113 cm³/mol. The minimum atomic E-state index is 0.827. The van der Waals surface area contributed by atoms with Gasteiger partial charge in [-0.25, -0.2) is 4.98 Å². The molecule has 0 N–H and O–H groups in total. The van der Waals surface area contributed by atoms with Crippen LogP contribution in [0.5, 0.6) is 0 Å². The van der Waals surface area contributed by atoms with Crippen LogP contribution in [0.1, 0.15) is 17.0 Å². The number of hydrogen-bond acceptors (Lipinski definition) is 2. The molecule has 4 aromatic rings. The number of benzene rings is 2. The van der Waals surface area contributed by atoms with Gasteiger partial charge >= 0.3 is 0 Å². The van der Waals surface area contributed by atoms with Crippen molar-refractivity contribution < 1.29 is 0 Å². The molecule has 2 aromatic carbocycles. The monoisotopic (exact) mass is 349 g/mol. The molecule has 1 aliphatic rings. The summed E-state index contributed by atoms with van der Waals surface area (Å²) < 4.78 is 2.08. The number of hydrogen-bond donors (Lipinski definition) is 0. The highest BCUT2D eigenvalue weighted by atomic mass is 15.2. The lowest BCUT2D eigenvalue weighted by atomic mass is 10.1. The average Bonchev–Trinajstić information content (AvgIpc) is 3.27. The van der Waals surface area contributed by atoms with Gasteiger partial charge in [0.05, 0.1) is 11.4 Å². The van der Waals surface area contributed by atoms with Crippen LogP contribution in [-0.4, -0.2) is 15.9 Å². The number of anilines is 2. The van der Waals surface area contributed by atoms with Gasteiger partial charge in [-0.3, -0.25) is 4.40 Å². The van der Waals surface area contributed by atoms with E-state index in [4.69, 9.17) is 4.98 Å². The smallest absolute Gasteiger partial charge is 0.137 e.